The fourth-order valence-corrected chi connectivity index (χ4v) is 1.65. The molecule has 0 rings (SSSR count). The van der Waals surface area contributed by atoms with Gasteiger partial charge in [-0.3, -0.25) is 0 Å². The van der Waals surface area contributed by atoms with Gasteiger partial charge >= 0.3 is 0 Å². The van der Waals surface area contributed by atoms with Gasteiger partial charge in [0.1, 0.15) is 6.29 Å². The molecule has 0 saturated carbocycles. The van der Waals surface area contributed by atoms with Crippen LogP contribution in [0.15, 0.2) is 0 Å². The molecule has 11 heavy (non-hydrogen) atoms. The summed E-state index contributed by atoms with van der Waals surface area (Å²) in [6.45, 7) is 10.6. The van der Waals surface area contributed by atoms with Crippen molar-refractivity contribution in [2.75, 3.05) is 0 Å². The van der Waals surface area contributed by atoms with Crippen molar-refractivity contribution in [3.8, 4) is 0 Å². The van der Waals surface area contributed by atoms with Gasteiger partial charge in [0.15, 0.2) is 0 Å². The van der Waals surface area contributed by atoms with Crippen LogP contribution in [0.3, 0.4) is 0 Å². The van der Waals surface area contributed by atoms with Crippen molar-refractivity contribution in [3.63, 3.8) is 0 Å². The standard InChI is InChI=1S/C10H20O/c1-6-10(7-2,8-11)9(3,4)5/h8H,6-7H2,1-5H3. The first-order chi connectivity index (χ1) is 4.93. The van der Waals surface area contributed by atoms with Crippen LogP contribution in [0.25, 0.3) is 0 Å². The second-order valence-electron chi connectivity index (χ2n) is 4.23. The highest BCUT2D eigenvalue weighted by molar-refractivity contribution is 5.60. The Balaban J connectivity index is 4.68. The molecule has 0 aliphatic heterocycles. The summed E-state index contributed by atoms with van der Waals surface area (Å²) in [4.78, 5) is 10.9. The number of carbonyl (C=O) groups is 1. The second-order valence-corrected chi connectivity index (χ2v) is 4.23. The molecule has 0 heterocycles. The van der Waals surface area contributed by atoms with Gasteiger partial charge in [-0.15, -0.1) is 0 Å². The first-order valence-electron chi connectivity index (χ1n) is 4.40. The van der Waals surface area contributed by atoms with Crippen LogP contribution in [-0.2, 0) is 4.79 Å². The molecular weight excluding hydrogens is 136 g/mol. The summed E-state index contributed by atoms with van der Waals surface area (Å²) in [6.07, 6.45) is 3.01. The van der Waals surface area contributed by atoms with E-state index in [-0.39, 0.29) is 10.8 Å². The molecule has 0 aromatic carbocycles. The summed E-state index contributed by atoms with van der Waals surface area (Å²) in [5.41, 5.74) is -0.0226. The maximum Gasteiger partial charge on any atom is 0.126 e. The van der Waals surface area contributed by atoms with Gasteiger partial charge < -0.3 is 4.79 Å². The van der Waals surface area contributed by atoms with Gasteiger partial charge in [0.2, 0.25) is 0 Å². The van der Waals surface area contributed by atoms with Crippen molar-refractivity contribution in [3.05, 3.63) is 0 Å². The fraction of sp³-hybridized carbons (Fsp3) is 0.900. The number of hydrogen-bond acceptors (Lipinski definition) is 1. The Morgan fingerprint density at radius 1 is 1.09 bits per heavy atom. The molecule has 0 aromatic rings. The van der Waals surface area contributed by atoms with Crippen LogP contribution < -0.4 is 0 Å². The normalized spacial score (nSPS) is 13.2. The van der Waals surface area contributed by atoms with Crippen LogP contribution in [0.4, 0.5) is 0 Å². The first-order valence-corrected chi connectivity index (χ1v) is 4.40. The summed E-state index contributed by atoms with van der Waals surface area (Å²) in [7, 11) is 0. The van der Waals surface area contributed by atoms with E-state index in [0.29, 0.717) is 0 Å². The zero-order valence-electron chi connectivity index (χ0n) is 8.40. The fourth-order valence-electron chi connectivity index (χ4n) is 1.65. The SMILES string of the molecule is CCC(C=O)(CC)C(C)(C)C. The lowest BCUT2D eigenvalue weighted by molar-refractivity contribution is -0.122. The van der Waals surface area contributed by atoms with E-state index in [2.05, 4.69) is 34.6 Å². The smallest absolute Gasteiger partial charge is 0.126 e. The van der Waals surface area contributed by atoms with Crippen LogP contribution in [0.5, 0.6) is 0 Å². The van der Waals surface area contributed by atoms with Crippen LogP contribution in [-0.4, -0.2) is 6.29 Å². The lowest BCUT2D eigenvalue weighted by Crippen LogP contribution is -2.36. The van der Waals surface area contributed by atoms with Gasteiger partial charge in [-0.05, 0) is 18.3 Å². The molecular formula is C10H20O. The highest BCUT2D eigenvalue weighted by Gasteiger charge is 2.38. The van der Waals surface area contributed by atoms with E-state index in [9.17, 15) is 4.79 Å². The summed E-state index contributed by atoms with van der Waals surface area (Å²) in [5, 5.41) is 0. The highest BCUT2D eigenvalue weighted by Crippen LogP contribution is 2.42. The van der Waals surface area contributed by atoms with Crippen molar-refractivity contribution >= 4 is 6.29 Å². The van der Waals surface area contributed by atoms with E-state index in [1.807, 2.05) is 0 Å². The number of aldehydes is 1. The molecule has 0 aliphatic carbocycles. The van der Waals surface area contributed by atoms with Gasteiger partial charge in [0.05, 0.1) is 0 Å². The molecule has 0 unspecified atom stereocenters. The molecule has 0 atom stereocenters. The molecule has 0 saturated heterocycles. The molecule has 0 amide bonds. The Morgan fingerprint density at radius 2 is 1.45 bits per heavy atom. The van der Waals surface area contributed by atoms with Gasteiger partial charge in [-0.2, -0.15) is 0 Å². The Hall–Kier alpha value is -0.330. The third-order valence-electron chi connectivity index (χ3n) is 2.98. The monoisotopic (exact) mass is 156 g/mol. The largest absolute Gasteiger partial charge is 0.303 e. The Kier molecular flexibility index (Phi) is 3.28. The third kappa shape index (κ3) is 1.82. The maximum absolute atomic E-state index is 10.9. The summed E-state index contributed by atoms with van der Waals surface area (Å²) in [6, 6.07) is 0. The molecule has 1 nitrogen and oxygen atoms in total. The average Bonchev–Trinajstić information content (AvgIpc) is 1.90. The van der Waals surface area contributed by atoms with Crippen molar-refractivity contribution in [1.82, 2.24) is 0 Å². The van der Waals surface area contributed by atoms with Crippen LogP contribution in [0.2, 0.25) is 0 Å². The Morgan fingerprint density at radius 3 is 1.45 bits per heavy atom. The molecule has 1 heteroatoms. The summed E-state index contributed by atoms with van der Waals surface area (Å²) in [5.74, 6) is 0. The predicted molar refractivity (Wildman–Crippen MR) is 48.5 cm³/mol. The number of hydrogen-bond donors (Lipinski definition) is 0. The molecule has 0 fully saturated rings. The van der Waals surface area contributed by atoms with Crippen molar-refractivity contribution in [2.24, 2.45) is 10.8 Å². The molecule has 0 spiro atoms. The molecule has 0 aliphatic rings. The Bertz CT molecular complexity index is 126. The lowest BCUT2D eigenvalue weighted by atomic mass is 9.64. The second kappa shape index (κ2) is 3.38. The minimum Gasteiger partial charge on any atom is -0.303 e. The number of rotatable bonds is 3. The quantitative estimate of drug-likeness (QED) is 0.574. The van der Waals surface area contributed by atoms with E-state index in [1.54, 1.807) is 0 Å². The number of carbonyl (C=O) groups excluding carboxylic acids is 1. The van der Waals surface area contributed by atoms with Crippen molar-refractivity contribution < 1.29 is 4.79 Å². The van der Waals surface area contributed by atoms with E-state index in [1.165, 1.54) is 0 Å². The molecule has 0 bridgehead atoms. The molecule has 0 radical (unpaired) electrons. The predicted octanol–water partition coefficient (Wildman–Crippen LogP) is 3.04. The third-order valence-corrected chi connectivity index (χ3v) is 2.98. The van der Waals surface area contributed by atoms with Gasteiger partial charge in [-0.1, -0.05) is 34.6 Å². The molecule has 66 valence electrons. The summed E-state index contributed by atoms with van der Waals surface area (Å²) < 4.78 is 0. The van der Waals surface area contributed by atoms with Crippen LogP contribution in [0.1, 0.15) is 47.5 Å². The summed E-state index contributed by atoms with van der Waals surface area (Å²) >= 11 is 0. The van der Waals surface area contributed by atoms with E-state index >= 15 is 0 Å². The maximum atomic E-state index is 10.9. The topological polar surface area (TPSA) is 17.1 Å². The minimum atomic E-state index is -0.118. The van der Waals surface area contributed by atoms with Gasteiger partial charge in [-0.25, -0.2) is 0 Å². The lowest BCUT2D eigenvalue weighted by Gasteiger charge is -2.39. The zero-order chi connectivity index (χ0) is 9.12. The van der Waals surface area contributed by atoms with Crippen LogP contribution in [0, 0.1) is 10.8 Å². The van der Waals surface area contributed by atoms with E-state index < -0.39 is 0 Å². The minimum absolute atomic E-state index is 0.0955. The van der Waals surface area contributed by atoms with E-state index in [4.69, 9.17) is 0 Å². The van der Waals surface area contributed by atoms with Crippen molar-refractivity contribution in [2.45, 2.75) is 47.5 Å². The Labute approximate surface area is 70.2 Å². The molecule has 0 aromatic heterocycles. The van der Waals surface area contributed by atoms with Gasteiger partial charge in [0.25, 0.3) is 0 Å². The first kappa shape index (κ1) is 10.7. The highest BCUT2D eigenvalue weighted by atomic mass is 16.1. The molecule has 0 N–H and O–H groups in total. The average molecular weight is 156 g/mol. The zero-order valence-corrected chi connectivity index (χ0v) is 8.40. The van der Waals surface area contributed by atoms with E-state index in [0.717, 1.165) is 19.1 Å². The van der Waals surface area contributed by atoms with Crippen LogP contribution >= 0.6 is 0 Å². The van der Waals surface area contributed by atoms with Gasteiger partial charge in [0, 0.05) is 5.41 Å². The van der Waals surface area contributed by atoms with Crippen molar-refractivity contribution in [1.29, 1.82) is 0 Å².